The van der Waals surface area contributed by atoms with Gasteiger partial charge in [-0.05, 0) is 25.8 Å². The van der Waals surface area contributed by atoms with Gasteiger partial charge in [-0.3, -0.25) is 4.79 Å². The monoisotopic (exact) mass is 357 g/mol. The van der Waals surface area contributed by atoms with Crippen LogP contribution in [0.1, 0.15) is 19.8 Å². The maximum absolute atomic E-state index is 12.6. The third kappa shape index (κ3) is 3.46. The van der Waals surface area contributed by atoms with Crippen molar-refractivity contribution < 1.29 is 17.9 Å². The van der Waals surface area contributed by atoms with Crippen molar-refractivity contribution >= 4 is 50.5 Å². The van der Waals surface area contributed by atoms with E-state index in [-0.39, 0.29) is 28.4 Å². The first-order chi connectivity index (χ1) is 9.36. The second kappa shape index (κ2) is 6.19. The minimum absolute atomic E-state index is 0.0506. The number of carbonyl (C=O) groups is 1. The van der Waals surface area contributed by atoms with Crippen molar-refractivity contribution in [3.63, 3.8) is 0 Å². The van der Waals surface area contributed by atoms with E-state index in [1.165, 1.54) is 6.07 Å². The lowest BCUT2D eigenvalue weighted by Crippen LogP contribution is -2.38. The molecular formula is C11H13Cl2NO4S2. The zero-order valence-electron chi connectivity index (χ0n) is 10.6. The van der Waals surface area contributed by atoms with Gasteiger partial charge in [0, 0.05) is 6.04 Å². The SMILES string of the molecule is CCOC(=O)CN(C1CC1)S(=O)(=O)c1cc(Cl)sc1Cl. The summed E-state index contributed by atoms with van der Waals surface area (Å²) in [6.07, 6.45) is 1.46. The molecule has 2 rings (SSSR count). The summed E-state index contributed by atoms with van der Waals surface area (Å²) >= 11 is 12.7. The van der Waals surface area contributed by atoms with E-state index >= 15 is 0 Å². The summed E-state index contributed by atoms with van der Waals surface area (Å²) in [7, 11) is -3.83. The summed E-state index contributed by atoms with van der Waals surface area (Å²) < 4.78 is 31.5. The summed E-state index contributed by atoms with van der Waals surface area (Å²) in [5, 5.41) is 0. The van der Waals surface area contributed by atoms with E-state index in [1.807, 2.05) is 0 Å². The zero-order valence-corrected chi connectivity index (χ0v) is 13.8. The molecule has 1 aliphatic rings. The smallest absolute Gasteiger partial charge is 0.321 e. The Morgan fingerprint density at radius 1 is 1.50 bits per heavy atom. The Labute approximate surface area is 131 Å². The first-order valence-electron chi connectivity index (χ1n) is 5.98. The fraction of sp³-hybridized carbons (Fsp3) is 0.545. The predicted octanol–water partition coefficient (Wildman–Crippen LogP) is 2.77. The number of sulfonamides is 1. The fourth-order valence-corrected chi connectivity index (χ4v) is 5.48. The van der Waals surface area contributed by atoms with Crippen LogP contribution in [0.3, 0.4) is 0 Å². The summed E-state index contributed by atoms with van der Waals surface area (Å²) in [4.78, 5) is 11.5. The van der Waals surface area contributed by atoms with Gasteiger partial charge < -0.3 is 4.74 Å². The van der Waals surface area contributed by atoms with Crippen molar-refractivity contribution in [2.24, 2.45) is 0 Å². The number of ether oxygens (including phenoxy) is 1. The van der Waals surface area contributed by atoms with Crippen LogP contribution in [0.5, 0.6) is 0 Å². The van der Waals surface area contributed by atoms with Gasteiger partial charge in [-0.1, -0.05) is 23.2 Å². The molecule has 0 spiro atoms. The lowest BCUT2D eigenvalue weighted by atomic mass is 10.6. The zero-order chi connectivity index (χ0) is 14.9. The fourth-order valence-electron chi connectivity index (χ4n) is 1.73. The first-order valence-corrected chi connectivity index (χ1v) is 8.99. The Morgan fingerprint density at radius 3 is 2.60 bits per heavy atom. The third-order valence-corrected chi connectivity index (χ3v) is 6.41. The quantitative estimate of drug-likeness (QED) is 0.734. The van der Waals surface area contributed by atoms with Crippen LogP contribution in [-0.2, 0) is 19.6 Å². The Morgan fingerprint density at radius 2 is 2.15 bits per heavy atom. The van der Waals surface area contributed by atoms with E-state index in [9.17, 15) is 13.2 Å². The minimum Gasteiger partial charge on any atom is -0.465 e. The molecule has 0 saturated heterocycles. The first kappa shape index (κ1) is 16.0. The van der Waals surface area contributed by atoms with Crippen LogP contribution in [0.15, 0.2) is 11.0 Å². The van der Waals surface area contributed by atoms with Crippen LogP contribution in [-0.4, -0.2) is 37.9 Å². The number of rotatable bonds is 6. The van der Waals surface area contributed by atoms with E-state index in [0.29, 0.717) is 4.34 Å². The molecule has 0 radical (unpaired) electrons. The molecule has 1 aliphatic carbocycles. The standard InChI is InChI=1S/C11H13Cl2NO4S2/c1-2-18-10(15)6-14(7-3-4-7)20(16,17)8-5-9(12)19-11(8)13/h5,7H,2-4,6H2,1H3. The van der Waals surface area contributed by atoms with Gasteiger partial charge in [0.25, 0.3) is 0 Å². The normalized spacial score (nSPS) is 15.6. The molecule has 1 heterocycles. The van der Waals surface area contributed by atoms with Gasteiger partial charge in [-0.15, -0.1) is 11.3 Å². The Balaban J connectivity index is 2.28. The van der Waals surface area contributed by atoms with Gasteiger partial charge in [-0.25, -0.2) is 8.42 Å². The molecule has 112 valence electrons. The highest BCUT2D eigenvalue weighted by Crippen LogP contribution is 2.39. The Bertz CT molecular complexity index is 610. The average Bonchev–Trinajstić information content (AvgIpc) is 3.11. The van der Waals surface area contributed by atoms with Crippen molar-refractivity contribution in [3.8, 4) is 0 Å². The van der Waals surface area contributed by atoms with Crippen LogP contribution in [0.2, 0.25) is 8.67 Å². The van der Waals surface area contributed by atoms with Gasteiger partial charge >= 0.3 is 5.97 Å². The highest BCUT2D eigenvalue weighted by atomic mass is 35.5. The van der Waals surface area contributed by atoms with Crippen molar-refractivity contribution in [2.75, 3.05) is 13.2 Å². The molecule has 0 unspecified atom stereocenters. The Hall–Kier alpha value is -0.340. The van der Waals surface area contributed by atoms with Gasteiger partial charge in [0.05, 0.1) is 10.9 Å². The summed E-state index contributed by atoms with van der Waals surface area (Å²) in [6, 6.07) is 1.14. The molecule has 0 bridgehead atoms. The van der Waals surface area contributed by atoms with Crippen LogP contribution >= 0.6 is 34.5 Å². The van der Waals surface area contributed by atoms with Crippen LogP contribution in [0.4, 0.5) is 0 Å². The largest absolute Gasteiger partial charge is 0.465 e. The summed E-state index contributed by atoms with van der Waals surface area (Å²) in [5.41, 5.74) is 0. The molecule has 20 heavy (non-hydrogen) atoms. The average molecular weight is 358 g/mol. The molecule has 1 aromatic rings. The highest BCUT2D eigenvalue weighted by molar-refractivity contribution is 7.89. The number of hydrogen-bond donors (Lipinski definition) is 0. The molecule has 0 atom stereocenters. The lowest BCUT2D eigenvalue weighted by Gasteiger charge is -2.20. The number of carbonyl (C=O) groups excluding carboxylic acids is 1. The van der Waals surface area contributed by atoms with Crippen molar-refractivity contribution in [2.45, 2.75) is 30.7 Å². The van der Waals surface area contributed by atoms with E-state index < -0.39 is 16.0 Å². The number of hydrogen-bond acceptors (Lipinski definition) is 5. The van der Waals surface area contributed by atoms with E-state index in [4.69, 9.17) is 27.9 Å². The summed E-state index contributed by atoms with van der Waals surface area (Å²) in [6.45, 7) is 1.58. The Kier molecular flexibility index (Phi) is 4.96. The molecule has 0 aliphatic heterocycles. The maximum Gasteiger partial charge on any atom is 0.321 e. The predicted molar refractivity (Wildman–Crippen MR) is 77.9 cm³/mol. The number of nitrogens with zero attached hydrogens (tertiary/aromatic N) is 1. The molecule has 0 N–H and O–H groups in total. The minimum atomic E-state index is -3.83. The summed E-state index contributed by atoms with van der Waals surface area (Å²) in [5.74, 6) is -0.569. The van der Waals surface area contributed by atoms with Gasteiger partial charge in [-0.2, -0.15) is 4.31 Å². The van der Waals surface area contributed by atoms with E-state index in [2.05, 4.69) is 0 Å². The third-order valence-electron chi connectivity index (χ3n) is 2.76. The molecule has 5 nitrogen and oxygen atoms in total. The molecular weight excluding hydrogens is 345 g/mol. The second-order valence-electron chi connectivity index (χ2n) is 4.27. The molecule has 1 aromatic heterocycles. The topological polar surface area (TPSA) is 63.7 Å². The van der Waals surface area contributed by atoms with Crippen LogP contribution < -0.4 is 0 Å². The van der Waals surface area contributed by atoms with Crippen molar-refractivity contribution in [3.05, 3.63) is 14.7 Å². The lowest BCUT2D eigenvalue weighted by molar-refractivity contribution is -0.143. The molecule has 1 saturated carbocycles. The number of thiophene rings is 1. The number of halogens is 2. The molecule has 1 fully saturated rings. The van der Waals surface area contributed by atoms with Gasteiger partial charge in [0.1, 0.15) is 15.8 Å². The van der Waals surface area contributed by atoms with Crippen LogP contribution in [0, 0.1) is 0 Å². The van der Waals surface area contributed by atoms with Crippen molar-refractivity contribution in [1.29, 1.82) is 0 Å². The molecule has 9 heteroatoms. The van der Waals surface area contributed by atoms with Crippen LogP contribution in [0.25, 0.3) is 0 Å². The van der Waals surface area contributed by atoms with Gasteiger partial charge in [0.15, 0.2) is 0 Å². The van der Waals surface area contributed by atoms with E-state index in [0.717, 1.165) is 28.5 Å². The number of esters is 1. The van der Waals surface area contributed by atoms with Gasteiger partial charge in [0.2, 0.25) is 10.0 Å². The van der Waals surface area contributed by atoms with Crippen molar-refractivity contribution in [1.82, 2.24) is 4.31 Å². The highest BCUT2D eigenvalue weighted by Gasteiger charge is 2.41. The molecule has 0 aromatic carbocycles. The maximum atomic E-state index is 12.6. The molecule has 0 amide bonds. The van der Waals surface area contributed by atoms with E-state index in [1.54, 1.807) is 6.92 Å². The second-order valence-corrected chi connectivity index (χ2v) is 8.42.